The monoisotopic (exact) mass is 423 g/mol. The first-order valence-corrected chi connectivity index (χ1v) is 8.14. The van der Waals surface area contributed by atoms with E-state index in [9.17, 15) is 18.0 Å². The molecule has 0 bridgehead atoms. The van der Waals surface area contributed by atoms with E-state index >= 15 is 0 Å². The van der Waals surface area contributed by atoms with Gasteiger partial charge in [-0.3, -0.25) is 9.48 Å². The van der Waals surface area contributed by atoms with Crippen LogP contribution < -0.4 is 5.32 Å². The van der Waals surface area contributed by atoms with Crippen LogP contribution in [0.3, 0.4) is 0 Å². The summed E-state index contributed by atoms with van der Waals surface area (Å²) in [5.41, 5.74) is 0.271. The lowest BCUT2D eigenvalue weighted by molar-refractivity contribution is -0.144. The number of benzene rings is 1. The number of aryl methyl sites for hydroxylation is 1. The van der Waals surface area contributed by atoms with Gasteiger partial charge in [-0.1, -0.05) is 29.8 Å². The number of hydrogen-bond donors (Lipinski definition) is 1. The van der Waals surface area contributed by atoms with E-state index in [0.717, 1.165) is 10.2 Å². The fourth-order valence-corrected chi connectivity index (χ4v) is 2.94. The molecule has 1 heterocycles. The number of nitrogens with zero attached hydrogens (tertiary/aromatic N) is 2. The van der Waals surface area contributed by atoms with Crippen LogP contribution in [0.25, 0.3) is 0 Å². The zero-order chi connectivity index (χ0) is 18.1. The molecule has 2 aromatic rings. The maximum absolute atomic E-state index is 13.1. The Morgan fingerprint density at radius 1 is 1.42 bits per heavy atom. The van der Waals surface area contributed by atoms with E-state index in [1.54, 1.807) is 38.1 Å². The smallest absolute Gasteiger partial charge is 0.348 e. The molecule has 4 nitrogen and oxygen atoms in total. The summed E-state index contributed by atoms with van der Waals surface area (Å²) in [5.74, 6) is -0.355. The predicted molar refractivity (Wildman–Crippen MR) is 88.0 cm³/mol. The highest BCUT2D eigenvalue weighted by atomic mass is 79.9. The largest absolute Gasteiger partial charge is 0.434 e. The Bertz CT molecular complexity index is 761. The first-order chi connectivity index (χ1) is 11.1. The van der Waals surface area contributed by atoms with Gasteiger partial charge in [-0.05, 0) is 41.4 Å². The van der Waals surface area contributed by atoms with E-state index in [-0.39, 0.29) is 22.1 Å². The molecule has 0 unspecified atom stereocenters. The van der Waals surface area contributed by atoms with Crippen molar-refractivity contribution in [1.82, 2.24) is 15.1 Å². The van der Waals surface area contributed by atoms with Crippen LogP contribution in [0, 0.1) is 6.92 Å². The summed E-state index contributed by atoms with van der Waals surface area (Å²) in [7, 11) is 0. The molecule has 1 atom stereocenters. The lowest BCUT2D eigenvalue weighted by Gasteiger charge is -2.17. The lowest BCUT2D eigenvalue weighted by Crippen LogP contribution is -2.37. The van der Waals surface area contributed by atoms with Crippen molar-refractivity contribution in [3.8, 4) is 0 Å². The van der Waals surface area contributed by atoms with Crippen LogP contribution >= 0.6 is 27.5 Å². The van der Waals surface area contributed by atoms with Crippen molar-refractivity contribution in [2.45, 2.75) is 32.6 Å². The molecule has 0 spiro atoms. The van der Waals surface area contributed by atoms with Gasteiger partial charge in [-0.15, -0.1) is 0 Å². The minimum atomic E-state index is -4.61. The number of hydrogen-bond acceptors (Lipinski definition) is 2. The molecule has 1 amide bonds. The number of halogens is 5. The Labute approximate surface area is 150 Å². The molecular weight excluding hydrogens is 411 g/mol. The predicted octanol–water partition coefficient (Wildman–Crippen LogP) is 4.44. The molecule has 0 saturated heterocycles. The molecule has 9 heteroatoms. The third kappa shape index (κ3) is 4.10. The molecular formula is C15H14BrClF3N3O. The van der Waals surface area contributed by atoms with Crippen molar-refractivity contribution in [2.75, 3.05) is 0 Å². The van der Waals surface area contributed by atoms with E-state index in [4.69, 9.17) is 11.6 Å². The summed E-state index contributed by atoms with van der Waals surface area (Å²) in [6.07, 6.45) is -4.61. The van der Waals surface area contributed by atoms with Crippen molar-refractivity contribution >= 4 is 33.4 Å². The van der Waals surface area contributed by atoms with E-state index < -0.39 is 17.9 Å². The van der Waals surface area contributed by atoms with Gasteiger partial charge in [0.25, 0.3) is 5.91 Å². The number of aromatic nitrogens is 2. The van der Waals surface area contributed by atoms with Crippen LogP contribution in [0.15, 0.2) is 28.7 Å². The molecule has 0 aliphatic heterocycles. The van der Waals surface area contributed by atoms with Crippen molar-refractivity contribution in [2.24, 2.45) is 0 Å². The summed E-state index contributed by atoms with van der Waals surface area (Å²) >= 11 is 8.48. The van der Waals surface area contributed by atoms with Gasteiger partial charge in [-0.2, -0.15) is 18.3 Å². The average molecular weight is 425 g/mol. The molecule has 0 radical (unpaired) electrons. The minimum absolute atomic E-state index is 0.169. The first-order valence-electron chi connectivity index (χ1n) is 6.96. The van der Waals surface area contributed by atoms with Crippen molar-refractivity contribution in [3.63, 3.8) is 0 Å². The number of nitrogens with one attached hydrogen (secondary N) is 1. The van der Waals surface area contributed by atoms with E-state index in [2.05, 4.69) is 26.3 Å². The highest BCUT2D eigenvalue weighted by Crippen LogP contribution is 2.38. The van der Waals surface area contributed by atoms with Gasteiger partial charge in [0.2, 0.25) is 0 Å². The van der Waals surface area contributed by atoms with E-state index in [0.29, 0.717) is 5.56 Å². The van der Waals surface area contributed by atoms with Crippen LogP contribution in [-0.4, -0.2) is 21.7 Å². The van der Waals surface area contributed by atoms with Gasteiger partial charge < -0.3 is 5.32 Å². The Balaban J connectivity index is 2.16. The molecule has 0 aliphatic carbocycles. The van der Waals surface area contributed by atoms with E-state index in [1.165, 1.54) is 0 Å². The van der Waals surface area contributed by atoms with E-state index in [1.807, 2.05) is 0 Å². The fraction of sp³-hybridized carbons (Fsp3) is 0.333. The van der Waals surface area contributed by atoms with Gasteiger partial charge in [0.05, 0.1) is 11.0 Å². The maximum atomic E-state index is 13.1. The molecule has 1 aromatic carbocycles. The molecule has 0 aliphatic rings. The molecule has 2 rings (SSSR count). The Morgan fingerprint density at radius 3 is 2.62 bits per heavy atom. The van der Waals surface area contributed by atoms with Crippen LogP contribution in [0.2, 0.25) is 5.15 Å². The molecule has 0 saturated carbocycles. The number of carbonyl (C=O) groups excluding carboxylic acids is 1. The summed E-state index contributed by atoms with van der Waals surface area (Å²) in [6, 6.07) is 6.37. The lowest BCUT2D eigenvalue weighted by atomic mass is 10.1. The zero-order valence-electron chi connectivity index (χ0n) is 12.8. The molecule has 1 N–H and O–H groups in total. The van der Waals surface area contributed by atoms with Gasteiger partial charge in [0.1, 0.15) is 0 Å². The first kappa shape index (κ1) is 18.8. The third-order valence-corrected chi connectivity index (χ3v) is 4.58. The number of carbonyl (C=O) groups is 1. The number of amides is 1. The van der Waals surface area contributed by atoms with Crippen molar-refractivity contribution < 1.29 is 18.0 Å². The average Bonchev–Trinajstić information content (AvgIpc) is 2.73. The fourth-order valence-electron chi connectivity index (χ4n) is 2.25. The number of alkyl halides is 3. The maximum Gasteiger partial charge on any atom is 0.434 e. The van der Waals surface area contributed by atoms with Gasteiger partial charge in [0, 0.05) is 11.6 Å². The Hall–Kier alpha value is -1.54. The van der Waals surface area contributed by atoms with Crippen LogP contribution in [-0.2, 0) is 12.7 Å². The quantitative estimate of drug-likeness (QED) is 0.788. The Morgan fingerprint density at radius 2 is 2.04 bits per heavy atom. The van der Waals surface area contributed by atoms with Gasteiger partial charge in [0.15, 0.2) is 10.8 Å². The standard InChI is InChI=1S/C15H14BrClF3N3O/c1-8-5-3-4-6-10(8)14(24)21-9(2)7-23-12(15(18,19)20)11(16)13(17)22-23/h3-6,9H,7H2,1-2H3,(H,21,24)/t9-/m0/s1. The second-order valence-electron chi connectivity index (χ2n) is 5.32. The Kier molecular flexibility index (Phi) is 5.59. The second kappa shape index (κ2) is 7.14. The molecule has 0 fully saturated rings. The van der Waals surface area contributed by atoms with Crippen molar-refractivity contribution in [1.29, 1.82) is 0 Å². The van der Waals surface area contributed by atoms with Crippen LogP contribution in [0.4, 0.5) is 13.2 Å². The zero-order valence-corrected chi connectivity index (χ0v) is 15.1. The highest BCUT2D eigenvalue weighted by molar-refractivity contribution is 9.10. The van der Waals surface area contributed by atoms with Gasteiger partial charge in [-0.25, -0.2) is 0 Å². The minimum Gasteiger partial charge on any atom is -0.348 e. The second-order valence-corrected chi connectivity index (χ2v) is 6.47. The van der Waals surface area contributed by atoms with Crippen LogP contribution in [0.1, 0.15) is 28.5 Å². The van der Waals surface area contributed by atoms with Gasteiger partial charge >= 0.3 is 6.18 Å². The SMILES string of the molecule is Cc1ccccc1C(=O)N[C@@H](C)Cn1nc(Cl)c(Br)c1C(F)(F)F. The van der Waals surface area contributed by atoms with Crippen molar-refractivity contribution in [3.05, 3.63) is 50.7 Å². The normalized spacial score (nSPS) is 13.0. The number of rotatable bonds is 4. The summed E-state index contributed by atoms with van der Waals surface area (Å²) in [5, 5.41) is 6.07. The highest BCUT2D eigenvalue weighted by Gasteiger charge is 2.39. The topological polar surface area (TPSA) is 46.9 Å². The molecule has 24 heavy (non-hydrogen) atoms. The molecule has 1 aromatic heterocycles. The van der Waals surface area contributed by atoms with Crippen LogP contribution in [0.5, 0.6) is 0 Å². The third-order valence-electron chi connectivity index (χ3n) is 3.34. The summed E-state index contributed by atoms with van der Waals surface area (Å²) < 4.78 is 39.8. The summed E-state index contributed by atoms with van der Waals surface area (Å²) in [6.45, 7) is 3.21. The molecule has 130 valence electrons. The summed E-state index contributed by atoms with van der Waals surface area (Å²) in [4.78, 5) is 12.2.